The van der Waals surface area contributed by atoms with E-state index in [-0.39, 0.29) is 31.4 Å². The van der Waals surface area contributed by atoms with Gasteiger partial charge in [0, 0.05) is 13.0 Å². The average molecular weight is 713 g/mol. The maximum absolute atomic E-state index is 13.7. The number of nitrogens with zero attached hydrogens (tertiary/aromatic N) is 1. The molecule has 2 fully saturated rings. The summed E-state index contributed by atoms with van der Waals surface area (Å²) in [5.74, 6) is -1.56. The molecular weight excluding hydrogens is 681 g/mol. The first-order valence-electron chi connectivity index (χ1n) is 14.3. The first kappa shape index (κ1) is 37.1. The van der Waals surface area contributed by atoms with E-state index in [9.17, 15) is 45.3 Å². The van der Waals surface area contributed by atoms with E-state index in [4.69, 9.17) is 19.3 Å². The molecule has 0 aromatic heterocycles. The highest BCUT2D eigenvalue weighted by Gasteiger charge is 2.54. The zero-order valence-corrected chi connectivity index (χ0v) is 26.1. The number of rotatable bonds is 10. The van der Waals surface area contributed by atoms with Crippen molar-refractivity contribution in [1.82, 2.24) is 10.2 Å². The molecule has 3 N–H and O–H groups in total. The number of hydrogen-bond donors (Lipinski definition) is 3. The van der Waals surface area contributed by atoms with Gasteiger partial charge in [-0.25, -0.2) is 14.2 Å². The molecule has 2 amide bonds. The van der Waals surface area contributed by atoms with Crippen LogP contribution in [0.1, 0.15) is 61.0 Å². The average Bonchev–Trinajstić information content (AvgIpc) is 3.37. The zero-order chi connectivity index (χ0) is 35.5. The molecule has 2 saturated heterocycles. The van der Waals surface area contributed by atoms with Gasteiger partial charge in [-0.15, -0.1) is 0 Å². The van der Waals surface area contributed by atoms with Gasteiger partial charge in [-0.3, -0.25) is 14.2 Å². The number of carbonyl (C=O) groups excluding carboxylic acids is 3. The number of phosphoric ester groups is 1. The molecule has 0 unspecified atom stereocenters. The Hall–Kier alpha value is -3.70. The Morgan fingerprint density at radius 2 is 1.60 bits per heavy atom. The number of carbonyl (C=O) groups is 3. The molecule has 0 bridgehead atoms. The van der Waals surface area contributed by atoms with Gasteiger partial charge in [0.05, 0.1) is 34.9 Å². The maximum atomic E-state index is 13.7. The lowest BCUT2D eigenvalue weighted by Gasteiger charge is -2.52. The minimum Gasteiger partial charge on any atom is -0.426 e. The lowest BCUT2D eigenvalue weighted by atomic mass is 9.74. The highest BCUT2D eigenvalue weighted by Crippen LogP contribution is 2.46. The Bertz CT molecular complexity index is 1520. The Labute approximate surface area is 269 Å². The van der Waals surface area contributed by atoms with E-state index in [1.807, 2.05) is 0 Å². The summed E-state index contributed by atoms with van der Waals surface area (Å²) in [5.41, 5.74) is -5.37. The highest BCUT2D eigenvalue weighted by atomic mass is 31.2. The van der Waals surface area contributed by atoms with Crippen molar-refractivity contribution in [3.63, 3.8) is 0 Å². The first-order chi connectivity index (χ1) is 22.2. The molecule has 2 heterocycles. The third-order valence-corrected chi connectivity index (χ3v) is 8.63. The smallest absolute Gasteiger partial charge is 0.426 e. The number of ether oxygens (including phenoxy) is 3. The lowest BCUT2D eigenvalue weighted by molar-refractivity contribution is -0.157. The third kappa shape index (κ3) is 9.05. The van der Waals surface area contributed by atoms with Gasteiger partial charge >= 0.3 is 32.2 Å². The first-order valence-corrected chi connectivity index (χ1v) is 15.8. The molecule has 1 spiro atoms. The van der Waals surface area contributed by atoms with Gasteiger partial charge in [0.15, 0.2) is 6.61 Å². The molecule has 264 valence electrons. The minimum absolute atomic E-state index is 0.00106. The fourth-order valence-electron chi connectivity index (χ4n) is 5.69. The summed E-state index contributed by atoms with van der Waals surface area (Å²) in [4.78, 5) is 56.4. The summed E-state index contributed by atoms with van der Waals surface area (Å²) in [6.45, 7) is -1.54. The molecule has 2 aromatic rings. The van der Waals surface area contributed by atoms with Crippen molar-refractivity contribution in [3.05, 3.63) is 70.8 Å². The number of phosphoric acid groups is 1. The van der Waals surface area contributed by atoms with E-state index >= 15 is 0 Å². The summed E-state index contributed by atoms with van der Waals surface area (Å²) < 4.78 is 112. The predicted octanol–water partition coefficient (Wildman–Crippen LogP) is 5.19. The minimum atomic E-state index is -5.09. The van der Waals surface area contributed by atoms with Gasteiger partial charge in [-0.05, 0) is 55.5 Å². The van der Waals surface area contributed by atoms with E-state index in [2.05, 4.69) is 14.6 Å². The number of nitrogens with one attached hydrogen (secondary N) is 1. The number of likely N-dealkylation sites (tertiary alicyclic amines) is 1. The summed E-state index contributed by atoms with van der Waals surface area (Å²) in [6, 6.07) is 9.31. The van der Waals surface area contributed by atoms with Gasteiger partial charge in [-0.1, -0.05) is 30.3 Å². The molecule has 2 aromatic carbocycles. The highest BCUT2D eigenvalue weighted by molar-refractivity contribution is 7.46. The second-order valence-electron chi connectivity index (χ2n) is 11.4. The summed E-state index contributed by atoms with van der Waals surface area (Å²) in [6.07, 6.45) is -11.7. The number of benzene rings is 2. The lowest BCUT2D eigenvalue weighted by Crippen LogP contribution is -2.65. The predicted molar refractivity (Wildman–Crippen MR) is 150 cm³/mol. The SMILES string of the molecule is C[C@@H](OC[C@@]1(c2ccccc2)CC[C@]2(CCC(=O)N2)CN1C(=O)OCOC(=O)COP(=O)(O)O)c1cc(C(F)(F)F)cc(C(F)(F)F)c1. The van der Waals surface area contributed by atoms with Crippen LogP contribution in [-0.4, -0.2) is 64.7 Å². The van der Waals surface area contributed by atoms with Crippen molar-refractivity contribution in [3.8, 4) is 0 Å². The molecule has 4 rings (SSSR count). The molecule has 2 aliphatic heterocycles. The van der Waals surface area contributed by atoms with Gasteiger partial charge in [-0.2, -0.15) is 26.3 Å². The molecule has 0 radical (unpaired) electrons. The number of hydrogen-bond acceptors (Lipinski definition) is 8. The number of piperidine rings is 1. The Morgan fingerprint density at radius 3 is 2.15 bits per heavy atom. The van der Waals surface area contributed by atoms with E-state index in [1.165, 1.54) is 11.8 Å². The summed E-state index contributed by atoms with van der Waals surface area (Å²) in [7, 11) is -5.00. The van der Waals surface area contributed by atoms with Gasteiger partial charge < -0.3 is 29.3 Å². The van der Waals surface area contributed by atoms with Crippen LogP contribution in [0, 0.1) is 0 Å². The van der Waals surface area contributed by atoms with Gasteiger partial charge in [0.1, 0.15) is 0 Å². The largest absolute Gasteiger partial charge is 0.470 e. The van der Waals surface area contributed by atoms with E-state index in [0.29, 0.717) is 30.5 Å². The number of alkyl halides is 6. The van der Waals surface area contributed by atoms with Crippen LogP contribution >= 0.6 is 7.82 Å². The quantitative estimate of drug-likeness (QED) is 0.130. The zero-order valence-electron chi connectivity index (χ0n) is 25.2. The van der Waals surface area contributed by atoms with Crippen molar-refractivity contribution in [2.24, 2.45) is 0 Å². The molecule has 19 heteroatoms. The van der Waals surface area contributed by atoms with E-state index in [0.717, 1.165) is 0 Å². The molecule has 0 saturated carbocycles. The van der Waals surface area contributed by atoms with E-state index in [1.54, 1.807) is 30.3 Å². The van der Waals surface area contributed by atoms with Crippen molar-refractivity contribution >= 4 is 25.8 Å². The van der Waals surface area contributed by atoms with Crippen molar-refractivity contribution in [2.45, 2.75) is 62.1 Å². The van der Waals surface area contributed by atoms with Gasteiger partial charge in [0.25, 0.3) is 0 Å². The Balaban J connectivity index is 1.65. The van der Waals surface area contributed by atoms with Crippen LogP contribution in [0.15, 0.2) is 48.5 Å². The molecule has 12 nitrogen and oxygen atoms in total. The summed E-state index contributed by atoms with van der Waals surface area (Å²) in [5, 5.41) is 2.86. The standard InChI is InChI=1S/C29H31F6N2O10P/c1-18(19-11-21(28(30,31)32)13-22(12-19)29(33,34)35)44-16-27(20-5-3-2-4-6-20)10-9-26(8-7-23(38)36-26)15-37(27)25(40)46-17-45-24(39)14-47-48(41,42)43/h2-6,11-13,18H,7-10,14-17H2,1H3,(H,36,38)(H2,41,42,43)/t18-,26-,27-/m1/s1. The normalized spacial score (nSPS) is 22.4. The topological polar surface area (TPSA) is 161 Å². The van der Waals surface area contributed by atoms with E-state index < -0.39 is 86.1 Å². The molecule has 2 aliphatic rings. The molecule has 3 atom stereocenters. The van der Waals surface area contributed by atoms with Crippen molar-refractivity contribution < 1.29 is 73.8 Å². The Morgan fingerprint density at radius 1 is 0.979 bits per heavy atom. The van der Waals surface area contributed by atoms with Crippen LogP contribution < -0.4 is 5.32 Å². The van der Waals surface area contributed by atoms with Crippen molar-refractivity contribution in [1.29, 1.82) is 0 Å². The molecule has 0 aliphatic carbocycles. The summed E-state index contributed by atoms with van der Waals surface area (Å²) >= 11 is 0. The second-order valence-corrected chi connectivity index (χ2v) is 12.7. The molecule has 48 heavy (non-hydrogen) atoms. The van der Waals surface area contributed by atoms with Crippen LogP contribution in [0.4, 0.5) is 31.1 Å². The fourth-order valence-corrected chi connectivity index (χ4v) is 5.96. The van der Waals surface area contributed by atoms with Crippen molar-refractivity contribution in [2.75, 3.05) is 26.6 Å². The van der Waals surface area contributed by atoms with Crippen LogP contribution in [-0.2, 0) is 50.8 Å². The number of esters is 1. The maximum Gasteiger partial charge on any atom is 0.470 e. The second kappa shape index (κ2) is 14.0. The van der Waals surface area contributed by atoms with Crippen LogP contribution in [0.25, 0.3) is 0 Å². The van der Waals surface area contributed by atoms with Crippen LogP contribution in [0.5, 0.6) is 0 Å². The Kier molecular flexibility index (Phi) is 10.9. The number of halogens is 6. The van der Waals surface area contributed by atoms with Crippen LogP contribution in [0.3, 0.4) is 0 Å². The number of amides is 2. The van der Waals surface area contributed by atoms with Gasteiger partial charge in [0.2, 0.25) is 12.7 Å². The fraction of sp³-hybridized carbons (Fsp3) is 0.483. The monoisotopic (exact) mass is 712 g/mol. The van der Waals surface area contributed by atoms with Crippen LogP contribution in [0.2, 0.25) is 0 Å². The third-order valence-electron chi connectivity index (χ3n) is 8.17. The molecular formula is C29H31F6N2O10P.